The first kappa shape index (κ1) is 10.9. The third-order valence-corrected chi connectivity index (χ3v) is 2.89. The average molecular weight is 216 g/mol. The molecular formula is C13H16N2O. The van der Waals surface area contributed by atoms with Gasteiger partial charge in [-0.05, 0) is 37.8 Å². The van der Waals surface area contributed by atoms with Crippen molar-refractivity contribution in [3.05, 3.63) is 36.0 Å². The zero-order valence-corrected chi connectivity index (χ0v) is 9.44. The summed E-state index contributed by atoms with van der Waals surface area (Å²) >= 11 is 0. The van der Waals surface area contributed by atoms with E-state index in [9.17, 15) is 4.79 Å². The van der Waals surface area contributed by atoms with Crippen LogP contribution in [0, 0.1) is 12.8 Å². The van der Waals surface area contributed by atoms with Crippen molar-refractivity contribution in [2.45, 2.75) is 26.2 Å². The molecule has 1 aliphatic carbocycles. The number of carbonyl (C=O) groups excluding carboxylic acids is 1. The minimum Gasteiger partial charge on any atom is -0.310 e. The summed E-state index contributed by atoms with van der Waals surface area (Å²) in [5.74, 6) is 0.875. The van der Waals surface area contributed by atoms with Gasteiger partial charge < -0.3 is 5.32 Å². The van der Waals surface area contributed by atoms with Crippen LogP contribution in [0.3, 0.4) is 0 Å². The molecule has 1 atom stereocenters. The van der Waals surface area contributed by atoms with Gasteiger partial charge in [0.2, 0.25) is 5.91 Å². The summed E-state index contributed by atoms with van der Waals surface area (Å²) in [4.78, 5) is 16.1. The van der Waals surface area contributed by atoms with Gasteiger partial charge in [0.05, 0.1) is 0 Å². The fourth-order valence-electron chi connectivity index (χ4n) is 1.87. The summed E-state index contributed by atoms with van der Waals surface area (Å²) in [5.41, 5.74) is 1.00. The molecule has 0 aliphatic heterocycles. The molecule has 3 heteroatoms. The maximum Gasteiger partial charge on any atom is 0.228 e. The van der Waals surface area contributed by atoms with Gasteiger partial charge in [0.15, 0.2) is 0 Å². The van der Waals surface area contributed by atoms with E-state index < -0.39 is 0 Å². The molecule has 0 spiro atoms. The first-order valence-electron chi connectivity index (χ1n) is 5.65. The molecule has 1 unspecified atom stereocenters. The van der Waals surface area contributed by atoms with E-state index in [1.54, 1.807) is 6.20 Å². The minimum atomic E-state index is 0.0890. The summed E-state index contributed by atoms with van der Waals surface area (Å²) in [6.07, 6.45) is 8.70. The highest BCUT2D eigenvalue weighted by molar-refractivity contribution is 5.92. The number of hydrogen-bond acceptors (Lipinski definition) is 2. The molecule has 1 aliphatic rings. The van der Waals surface area contributed by atoms with Crippen LogP contribution in [0.1, 0.15) is 24.8 Å². The van der Waals surface area contributed by atoms with Gasteiger partial charge >= 0.3 is 0 Å². The SMILES string of the molecule is Cc1cccnc1NC(=O)C1CC=CCC1. The Morgan fingerprint density at radius 2 is 2.38 bits per heavy atom. The topological polar surface area (TPSA) is 42.0 Å². The molecule has 0 fully saturated rings. The van der Waals surface area contributed by atoms with E-state index >= 15 is 0 Å². The van der Waals surface area contributed by atoms with Crippen LogP contribution in [0.4, 0.5) is 5.82 Å². The monoisotopic (exact) mass is 216 g/mol. The second-order valence-electron chi connectivity index (χ2n) is 4.14. The van der Waals surface area contributed by atoms with E-state index in [2.05, 4.69) is 22.5 Å². The number of aromatic nitrogens is 1. The van der Waals surface area contributed by atoms with Gasteiger partial charge in [-0.25, -0.2) is 4.98 Å². The number of anilines is 1. The van der Waals surface area contributed by atoms with Crippen molar-refractivity contribution in [1.82, 2.24) is 4.98 Å². The lowest BCUT2D eigenvalue weighted by atomic mass is 9.93. The van der Waals surface area contributed by atoms with E-state index in [1.807, 2.05) is 19.1 Å². The van der Waals surface area contributed by atoms with Gasteiger partial charge in [-0.1, -0.05) is 18.2 Å². The van der Waals surface area contributed by atoms with E-state index in [0.717, 1.165) is 24.8 Å². The number of pyridine rings is 1. The summed E-state index contributed by atoms with van der Waals surface area (Å²) in [7, 11) is 0. The number of nitrogens with zero attached hydrogens (tertiary/aromatic N) is 1. The number of amides is 1. The molecule has 1 aromatic rings. The van der Waals surface area contributed by atoms with Crippen LogP contribution < -0.4 is 5.32 Å². The number of rotatable bonds is 2. The summed E-state index contributed by atoms with van der Waals surface area (Å²) < 4.78 is 0. The van der Waals surface area contributed by atoms with Crippen molar-refractivity contribution in [2.24, 2.45) is 5.92 Å². The third kappa shape index (κ3) is 2.48. The average Bonchev–Trinajstić information content (AvgIpc) is 2.33. The van der Waals surface area contributed by atoms with Crippen LogP contribution in [0.2, 0.25) is 0 Å². The quantitative estimate of drug-likeness (QED) is 0.772. The summed E-state index contributed by atoms with van der Waals surface area (Å²) in [6.45, 7) is 1.95. The summed E-state index contributed by atoms with van der Waals surface area (Å²) in [5, 5.41) is 2.90. The molecule has 3 nitrogen and oxygen atoms in total. The van der Waals surface area contributed by atoms with Gasteiger partial charge in [-0.3, -0.25) is 4.79 Å². The molecule has 0 saturated carbocycles. The number of carbonyl (C=O) groups is 1. The number of aryl methyl sites for hydroxylation is 1. The van der Waals surface area contributed by atoms with Crippen LogP contribution >= 0.6 is 0 Å². The fraction of sp³-hybridized carbons (Fsp3) is 0.385. The molecule has 0 radical (unpaired) electrons. The highest BCUT2D eigenvalue weighted by Gasteiger charge is 2.19. The van der Waals surface area contributed by atoms with Crippen molar-refractivity contribution < 1.29 is 4.79 Å². The Morgan fingerprint density at radius 3 is 3.06 bits per heavy atom. The largest absolute Gasteiger partial charge is 0.310 e. The Morgan fingerprint density at radius 1 is 1.50 bits per heavy atom. The number of nitrogens with one attached hydrogen (secondary N) is 1. The first-order valence-corrected chi connectivity index (χ1v) is 5.65. The Kier molecular flexibility index (Phi) is 3.34. The molecular weight excluding hydrogens is 200 g/mol. The zero-order valence-electron chi connectivity index (χ0n) is 9.44. The Hall–Kier alpha value is -1.64. The van der Waals surface area contributed by atoms with Crippen LogP contribution in [0.5, 0.6) is 0 Å². The lowest BCUT2D eigenvalue weighted by molar-refractivity contribution is -0.120. The van der Waals surface area contributed by atoms with Crippen LogP contribution in [0.25, 0.3) is 0 Å². The van der Waals surface area contributed by atoms with Crippen LogP contribution in [-0.4, -0.2) is 10.9 Å². The second-order valence-corrected chi connectivity index (χ2v) is 4.14. The smallest absolute Gasteiger partial charge is 0.228 e. The molecule has 1 amide bonds. The van der Waals surface area contributed by atoms with Gasteiger partial charge in [-0.2, -0.15) is 0 Å². The van der Waals surface area contributed by atoms with Crippen molar-refractivity contribution >= 4 is 11.7 Å². The molecule has 1 N–H and O–H groups in total. The van der Waals surface area contributed by atoms with Crippen LogP contribution in [-0.2, 0) is 4.79 Å². The van der Waals surface area contributed by atoms with Crippen molar-refractivity contribution in [2.75, 3.05) is 5.32 Å². The van der Waals surface area contributed by atoms with Gasteiger partial charge in [0.1, 0.15) is 5.82 Å². The lowest BCUT2D eigenvalue weighted by Gasteiger charge is -2.17. The molecule has 2 rings (SSSR count). The van der Waals surface area contributed by atoms with E-state index in [4.69, 9.17) is 0 Å². The lowest BCUT2D eigenvalue weighted by Crippen LogP contribution is -2.24. The standard InChI is InChI=1S/C13H16N2O/c1-10-6-5-9-14-12(10)15-13(16)11-7-3-2-4-8-11/h2-3,5-6,9,11H,4,7-8H2,1H3,(H,14,15,16). The summed E-state index contributed by atoms with van der Waals surface area (Å²) in [6, 6.07) is 3.82. The van der Waals surface area contributed by atoms with Gasteiger partial charge in [0.25, 0.3) is 0 Å². The second kappa shape index (κ2) is 4.92. The molecule has 1 heterocycles. The molecule has 16 heavy (non-hydrogen) atoms. The molecule has 0 bridgehead atoms. The van der Waals surface area contributed by atoms with Crippen molar-refractivity contribution in [3.63, 3.8) is 0 Å². The Balaban J connectivity index is 2.02. The normalized spacial score (nSPS) is 19.4. The fourth-order valence-corrected chi connectivity index (χ4v) is 1.87. The number of hydrogen-bond donors (Lipinski definition) is 1. The van der Waals surface area contributed by atoms with Crippen LogP contribution in [0.15, 0.2) is 30.5 Å². The van der Waals surface area contributed by atoms with E-state index in [1.165, 1.54) is 0 Å². The molecule has 1 aromatic heterocycles. The van der Waals surface area contributed by atoms with Crippen molar-refractivity contribution in [3.8, 4) is 0 Å². The highest BCUT2D eigenvalue weighted by Crippen LogP contribution is 2.20. The molecule has 0 aromatic carbocycles. The minimum absolute atomic E-state index is 0.0890. The maximum atomic E-state index is 11.9. The predicted molar refractivity (Wildman–Crippen MR) is 64.1 cm³/mol. The van der Waals surface area contributed by atoms with E-state index in [-0.39, 0.29) is 11.8 Å². The first-order chi connectivity index (χ1) is 7.77. The Bertz CT molecular complexity index is 412. The predicted octanol–water partition coefficient (Wildman–Crippen LogP) is 2.68. The van der Waals surface area contributed by atoms with Gasteiger partial charge in [-0.15, -0.1) is 0 Å². The maximum absolute atomic E-state index is 11.9. The van der Waals surface area contributed by atoms with E-state index in [0.29, 0.717) is 5.82 Å². The van der Waals surface area contributed by atoms with Gasteiger partial charge in [0, 0.05) is 12.1 Å². The number of allylic oxidation sites excluding steroid dienone is 2. The Labute approximate surface area is 95.6 Å². The molecule has 0 saturated heterocycles. The zero-order chi connectivity index (χ0) is 11.4. The molecule has 84 valence electrons. The highest BCUT2D eigenvalue weighted by atomic mass is 16.1. The third-order valence-electron chi connectivity index (χ3n) is 2.89. The van der Waals surface area contributed by atoms with Crippen molar-refractivity contribution in [1.29, 1.82) is 0 Å².